The van der Waals surface area contributed by atoms with Crippen LogP contribution in [0.15, 0.2) is 16.7 Å². The lowest BCUT2D eigenvalue weighted by Gasteiger charge is -2.30. The van der Waals surface area contributed by atoms with E-state index in [1.54, 1.807) is 0 Å². The van der Waals surface area contributed by atoms with Crippen LogP contribution in [-0.2, 0) is 6.18 Å². The molecule has 0 spiro atoms. The van der Waals surface area contributed by atoms with Crippen molar-refractivity contribution in [3.05, 3.63) is 22.3 Å². The van der Waals surface area contributed by atoms with Crippen LogP contribution in [-0.4, -0.2) is 23.1 Å². The van der Waals surface area contributed by atoms with Gasteiger partial charge in [0.1, 0.15) is 5.82 Å². The van der Waals surface area contributed by atoms with E-state index in [0.29, 0.717) is 16.6 Å². The predicted molar refractivity (Wildman–Crippen MR) is 73.5 cm³/mol. The maximum Gasteiger partial charge on any atom is 0.419 e. The SMILES string of the molecule is FC(F)(F)c1cc(Br)cnc1NC1CC2CCC(C1)N2. The first kappa shape index (κ1) is 14.1. The third-order valence-corrected chi connectivity index (χ3v) is 4.41. The molecule has 0 saturated carbocycles. The zero-order valence-corrected chi connectivity index (χ0v) is 12.3. The summed E-state index contributed by atoms with van der Waals surface area (Å²) in [5.74, 6) is -0.0630. The van der Waals surface area contributed by atoms with Crippen molar-refractivity contribution in [1.82, 2.24) is 10.3 Å². The first-order chi connectivity index (χ1) is 9.41. The summed E-state index contributed by atoms with van der Waals surface area (Å²) in [7, 11) is 0. The van der Waals surface area contributed by atoms with Gasteiger partial charge in [-0.2, -0.15) is 13.2 Å². The van der Waals surface area contributed by atoms with Crippen LogP contribution in [0.3, 0.4) is 0 Å². The molecule has 3 nitrogen and oxygen atoms in total. The minimum absolute atomic E-state index is 0.0588. The summed E-state index contributed by atoms with van der Waals surface area (Å²) >= 11 is 3.04. The van der Waals surface area contributed by atoms with Crippen molar-refractivity contribution in [2.75, 3.05) is 5.32 Å². The number of nitrogens with one attached hydrogen (secondary N) is 2. The number of hydrogen-bond acceptors (Lipinski definition) is 3. The molecule has 2 aliphatic rings. The van der Waals surface area contributed by atoms with Crippen LogP contribution < -0.4 is 10.6 Å². The third-order valence-electron chi connectivity index (χ3n) is 3.97. The number of fused-ring (bicyclic) bond motifs is 2. The maximum atomic E-state index is 13.0. The van der Waals surface area contributed by atoms with Crippen molar-refractivity contribution in [3.8, 4) is 0 Å². The van der Waals surface area contributed by atoms with Crippen LogP contribution in [0.25, 0.3) is 0 Å². The highest BCUT2D eigenvalue weighted by Crippen LogP contribution is 2.37. The lowest BCUT2D eigenvalue weighted by molar-refractivity contribution is -0.137. The molecular weight excluding hydrogens is 335 g/mol. The molecule has 2 bridgehead atoms. The van der Waals surface area contributed by atoms with Crippen LogP contribution in [0.2, 0.25) is 0 Å². The quantitative estimate of drug-likeness (QED) is 0.857. The number of piperidine rings is 1. The lowest BCUT2D eigenvalue weighted by atomic mass is 9.99. The highest BCUT2D eigenvalue weighted by Gasteiger charge is 2.37. The molecule has 0 amide bonds. The van der Waals surface area contributed by atoms with E-state index in [1.165, 1.54) is 6.20 Å². The molecule has 1 aromatic rings. The van der Waals surface area contributed by atoms with Gasteiger partial charge in [-0.25, -0.2) is 4.98 Å². The van der Waals surface area contributed by atoms with Crippen molar-refractivity contribution >= 4 is 21.7 Å². The van der Waals surface area contributed by atoms with Gasteiger partial charge in [0.2, 0.25) is 0 Å². The second-order valence-electron chi connectivity index (χ2n) is 5.50. The molecule has 0 aliphatic carbocycles. The molecule has 0 aromatic carbocycles. The molecule has 20 heavy (non-hydrogen) atoms. The number of rotatable bonds is 2. The highest BCUT2D eigenvalue weighted by molar-refractivity contribution is 9.10. The molecule has 7 heteroatoms. The van der Waals surface area contributed by atoms with Crippen molar-refractivity contribution in [2.45, 2.75) is 50.0 Å². The van der Waals surface area contributed by atoms with Crippen molar-refractivity contribution in [3.63, 3.8) is 0 Å². The van der Waals surface area contributed by atoms with Crippen molar-refractivity contribution < 1.29 is 13.2 Å². The van der Waals surface area contributed by atoms with Crippen LogP contribution in [0.5, 0.6) is 0 Å². The van der Waals surface area contributed by atoms with Crippen LogP contribution in [0.4, 0.5) is 19.0 Å². The van der Waals surface area contributed by atoms with Gasteiger partial charge >= 0.3 is 6.18 Å². The van der Waals surface area contributed by atoms with Gasteiger partial charge in [-0.1, -0.05) is 0 Å². The Bertz CT molecular complexity index is 494. The normalized spacial score (nSPS) is 29.5. The number of anilines is 1. The van der Waals surface area contributed by atoms with Crippen LogP contribution >= 0.6 is 15.9 Å². The minimum Gasteiger partial charge on any atom is -0.367 e. The number of halogens is 4. The standard InChI is InChI=1S/C13H15BrF3N3/c14-7-3-11(13(15,16)17)12(18-6-7)20-10-4-8-1-2-9(5-10)19-8/h3,6,8-10,19H,1-2,4-5H2,(H,18,20). The van der Waals surface area contributed by atoms with Gasteiger partial charge in [-0.05, 0) is 47.7 Å². The molecule has 3 rings (SSSR count). The Labute approximate surface area is 123 Å². The molecule has 2 aliphatic heterocycles. The summed E-state index contributed by atoms with van der Waals surface area (Å²) in [6, 6.07) is 1.99. The smallest absolute Gasteiger partial charge is 0.367 e. The zero-order valence-electron chi connectivity index (χ0n) is 10.7. The summed E-state index contributed by atoms with van der Waals surface area (Å²) in [5, 5.41) is 6.46. The van der Waals surface area contributed by atoms with E-state index in [4.69, 9.17) is 0 Å². The molecule has 1 aromatic heterocycles. The average Bonchev–Trinajstić information content (AvgIpc) is 2.70. The Morgan fingerprint density at radius 3 is 2.50 bits per heavy atom. The van der Waals surface area contributed by atoms with E-state index in [0.717, 1.165) is 31.7 Å². The van der Waals surface area contributed by atoms with Gasteiger partial charge in [-0.3, -0.25) is 0 Å². The Morgan fingerprint density at radius 1 is 1.25 bits per heavy atom. The molecule has 2 fully saturated rings. The number of hydrogen-bond donors (Lipinski definition) is 2. The van der Waals surface area contributed by atoms with Gasteiger partial charge in [0.25, 0.3) is 0 Å². The van der Waals surface area contributed by atoms with Crippen LogP contribution in [0.1, 0.15) is 31.2 Å². The van der Waals surface area contributed by atoms with E-state index >= 15 is 0 Å². The number of pyridine rings is 1. The molecule has 0 radical (unpaired) electrons. The van der Waals surface area contributed by atoms with Crippen LogP contribution in [0, 0.1) is 0 Å². The summed E-state index contributed by atoms with van der Waals surface area (Å²) in [6.45, 7) is 0. The molecule has 110 valence electrons. The second kappa shape index (κ2) is 5.18. The van der Waals surface area contributed by atoms with Crippen molar-refractivity contribution in [1.29, 1.82) is 0 Å². The van der Waals surface area contributed by atoms with Gasteiger partial charge in [-0.15, -0.1) is 0 Å². The van der Waals surface area contributed by atoms with Gasteiger partial charge < -0.3 is 10.6 Å². The molecule has 2 N–H and O–H groups in total. The third kappa shape index (κ3) is 2.93. The summed E-state index contributed by atoms with van der Waals surface area (Å²) in [6.07, 6.45) is 0.931. The average molecular weight is 350 g/mol. The topological polar surface area (TPSA) is 37.0 Å². The Kier molecular flexibility index (Phi) is 3.66. The molecule has 3 heterocycles. The Hall–Kier alpha value is -0.820. The van der Waals surface area contributed by atoms with Gasteiger partial charge in [0.15, 0.2) is 0 Å². The minimum atomic E-state index is -4.40. The molecule has 2 unspecified atom stereocenters. The maximum absolute atomic E-state index is 13.0. The van der Waals surface area contributed by atoms with E-state index in [1.807, 2.05) is 0 Å². The molecule has 2 atom stereocenters. The summed E-state index contributed by atoms with van der Waals surface area (Å²) in [4.78, 5) is 3.91. The fraction of sp³-hybridized carbons (Fsp3) is 0.615. The van der Waals surface area contributed by atoms with Gasteiger partial charge in [0, 0.05) is 28.8 Å². The first-order valence-corrected chi connectivity index (χ1v) is 7.46. The molecule has 2 saturated heterocycles. The summed E-state index contributed by atoms with van der Waals surface area (Å²) in [5.41, 5.74) is -0.710. The van der Waals surface area contributed by atoms with E-state index in [2.05, 4.69) is 31.5 Å². The predicted octanol–water partition coefficient (Wildman–Crippen LogP) is 3.56. The highest BCUT2D eigenvalue weighted by atomic mass is 79.9. The summed E-state index contributed by atoms with van der Waals surface area (Å²) < 4.78 is 39.4. The van der Waals surface area contributed by atoms with Gasteiger partial charge in [0.05, 0.1) is 5.56 Å². The fourth-order valence-electron chi connectivity index (χ4n) is 3.14. The van der Waals surface area contributed by atoms with E-state index in [-0.39, 0.29) is 11.9 Å². The number of alkyl halides is 3. The Balaban J connectivity index is 1.80. The Morgan fingerprint density at radius 2 is 1.90 bits per heavy atom. The van der Waals surface area contributed by atoms with E-state index in [9.17, 15) is 13.2 Å². The number of aromatic nitrogens is 1. The van der Waals surface area contributed by atoms with E-state index < -0.39 is 11.7 Å². The monoisotopic (exact) mass is 349 g/mol. The second-order valence-corrected chi connectivity index (χ2v) is 6.41. The largest absolute Gasteiger partial charge is 0.419 e. The molecular formula is C13H15BrF3N3. The number of nitrogens with zero attached hydrogens (tertiary/aromatic N) is 1. The fourth-order valence-corrected chi connectivity index (χ4v) is 3.47. The van der Waals surface area contributed by atoms with Crippen molar-refractivity contribution in [2.24, 2.45) is 0 Å². The first-order valence-electron chi connectivity index (χ1n) is 6.67. The zero-order chi connectivity index (χ0) is 14.3. The lowest BCUT2D eigenvalue weighted by Crippen LogP contribution is -2.43.